The first-order chi connectivity index (χ1) is 11.4. The van der Waals surface area contributed by atoms with Crippen LogP contribution in [0, 0.1) is 11.6 Å². The number of hydrogen-bond acceptors (Lipinski definition) is 4. The average Bonchev–Trinajstić information content (AvgIpc) is 2.54. The lowest BCUT2D eigenvalue weighted by Gasteiger charge is -2.24. The van der Waals surface area contributed by atoms with Crippen LogP contribution in [0.15, 0.2) is 53.4 Å². The van der Waals surface area contributed by atoms with Gasteiger partial charge in [0.15, 0.2) is 0 Å². The molecule has 0 saturated heterocycles. The van der Waals surface area contributed by atoms with Crippen LogP contribution in [0.5, 0.6) is 0 Å². The lowest BCUT2D eigenvalue weighted by atomic mass is 10.3. The molecule has 0 radical (unpaired) electrons. The van der Waals surface area contributed by atoms with Crippen LogP contribution in [-0.2, 0) is 19.6 Å². The molecule has 0 aromatic heterocycles. The monoisotopic (exact) mass is 355 g/mol. The molecule has 0 fully saturated rings. The van der Waals surface area contributed by atoms with Crippen LogP contribution < -0.4 is 4.31 Å². The molecule has 0 atom stereocenters. The van der Waals surface area contributed by atoms with Crippen molar-refractivity contribution in [1.82, 2.24) is 0 Å². The minimum absolute atomic E-state index is 0.0456. The largest absolute Gasteiger partial charge is 0.465 e. The first-order valence-electron chi connectivity index (χ1n) is 7.04. The third-order valence-corrected chi connectivity index (χ3v) is 4.86. The van der Waals surface area contributed by atoms with Crippen LogP contribution in [0.4, 0.5) is 14.5 Å². The Labute approximate surface area is 138 Å². The number of hydrogen-bond donors (Lipinski definition) is 0. The molecule has 0 spiro atoms. The SMILES string of the molecule is CCOC(=O)CN(c1ccc(F)cc1F)S(=O)(=O)c1ccccc1. The molecule has 0 bridgehead atoms. The fourth-order valence-corrected chi connectivity index (χ4v) is 3.46. The summed E-state index contributed by atoms with van der Waals surface area (Å²) >= 11 is 0. The second-order valence-corrected chi connectivity index (χ2v) is 6.59. The second-order valence-electron chi connectivity index (χ2n) is 4.73. The number of anilines is 1. The van der Waals surface area contributed by atoms with Crippen molar-refractivity contribution in [3.63, 3.8) is 0 Å². The molecule has 0 aliphatic heterocycles. The maximum absolute atomic E-state index is 14.1. The quantitative estimate of drug-likeness (QED) is 0.748. The first-order valence-corrected chi connectivity index (χ1v) is 8.48. The molecule has 2 aromatic carbocycles. The van der Waals surface area contributed by atoms with Gasteiger partial charge in [0, 0.05) is 6.07 Å². The lowest BCUT2D eigenvalue weighted by molar-refractivity contribution is -0.141. The van der Waals surface area contributed by atoms with Gasteiger partial charge in [0.2, 0.25) is 0 Å². The second kappa shape index (κ2) is 7.39. The Kier molecular flexibility index (Phi) is 5.50. The summed E-state index contributed by atoms with van der Waals surface area (Å²) < 4.78 is 58.0. The predicted molar refractivity (Wildman–Crippen MR) is 84.0 cm³/mol. The maximum Gasteiger partial charge on any atom is 0.326 e. The Hall–Kier alpha value is -2.48. The minimum atomic E-state index is -4.23. The number of esters is 1. The molecule has 0 N–H and O–H groups in total. The zero-order chi connectivity index (χ0) is 17.7. The van der Waals surface area contributed by atoms with Gasteiger partial charge in [0.25, 0.3) is 10.0 Å². The van der Waals surface area contributed by atoms with E-state index in [4.69, 9.17) is 4.74 Å². The summed E-state index contributed by atoms with van der Waals surface area (Å²) in [6.07, 6.45) is 0. The van der Waals surface area contributed by atoms with Crippen molar-refractivity contribution in [2.24, 2.45) is 0 Å². The average molecular weight is 355 g/mol. The third-order valence-electron chi connectivity index (χ3n) is 3.09. The van der Waals surface area contributed by atoms with Crippen LogP contribution >= 0.6 is 0 Å². The van der Waals surface area contributed by atoms with Gasteiger partial charge in [-0.2, -0.15) is 0 Å². The van der Waals surface area contributed by atoms with Gasteiger partial charge in [-0.1, -0.05) is 18.2 Å². The van der Waals surface area contributed by atoms with Crippen molar-refractivity contribution >= 4 is 21.7 Å². The Morgan fingerprint density at radius 1 is 1.12 bits per heavy atom. The molecule has 0 aliphatic carbocycles. The van der Waals surface area contributed by atoms with Crippen LogP contribution in [0.3, 0.4) is 0 Å². The standard InChI is InChI=1S/C16H15F2NO4S/c1-2-23-16(20)11-19(15-9-8-12(17)10-14(15)18)24(21,22)13-6-4-3-5-7-13/h3-10H,2,11H2,1H3. The van der Waals surface area contributed by atoms with Crippen molar-refractivity contribution < 1.29 is 26.7 Å². The van der Waals surface area contributed by atoms with Crippen molar-refractivity contribution in [3.05, 3.63) is 60.2 Å². The molecule has 0 amide bonds. The molecule has 2 rings (SSSR count). The van der Waals surface area contributed by atoms with Gasteiger partial charge in [0.1, 0.15) is 18.2 Å². The van der Waals surface area contributed by atoms with Gasteiger partial charge in [0.05, 0.1) is 17.2 Å². The van der Waals surface area contributed by atoms with E-state index in [9.17, 15) is 22.0 Å². The molecule has 0 aliphatic rings. The Bertz CT molecular complexity index is 825. The predicted octanol–water partition coefficient (Wildman–Crippen LogP) is 2.72. The van der Waals surface area contributed by atoms with Crippen LogP contribution in [0.1, 0.15) is 6.92 Å². The molecule has 0 unspecified atom stereocenters. The van der Waals surface area contributed by atoms with E-state index in [0.717, 1.165) is 12.1 Å². The smallest absolute Gasteiger partial charge is 0.326 e. The molecular weight excluding hydrogens is 340 g/mol. The Balaban J connectivity index is 2.52. The van der Waals surface area contributed by atoms with Crippen molar-refractivity contribution in [2.45, 2.75) is 11.8 Å². The lowest BCUT2D eigenvalue weighted by Crippen LogP contribution is -2.37. The summed E-state index contributed by atoms with van der Waals surface area (Å²) in [7, 11) is -4.23. The van der Waals surface area contributed by atoms with E-state index in [0.29, 0.717) is 10.4 Å². The number of carbonyl (C=O) groups is 1. The molecule has 2 aromatic rings. The highest BCUT2D eigenvalue weighted by Crippen LogP contribution is 2.26. The first kappa shape index (κ1) is 17.9. The van der Waals surface area contributed by atoms with E-state index in [1.165, 1.54) is 24.3 Å². The highest BCUT2D eigenvalue weighted by Gasteiger charge is 2.29. The number of rotatable bonds is 6. The maximum atomic E-state index is 14.1. The minimum Gasteiger partial charge on any atom is -0.465 e. The van der Waals surface area contributed by atoms with Gasteiger partial charge in [-0.25, -0.2) is 17.2 Å². The normalized spacial score (nSPS) is 11.1. The highest BCUT2D eigenvalue weighted by molar-refractivity contribution is 7.92. The number of sulfonamides is 1. The van der Waals surface area contributed by atoms with E-state index in [1.54, 1.807) is 13.0 Å². The summed E-state index contributed by atoms with van der Waals surface area (Å²) in [6.45, 7) is 0.879. The Morgan fingerprint density at radius 3 is 2.38 bits per heavy atom. The summed E-state index contributed by atoms with van der Waals surface area (Å²) in [5.41, 5.74) is -0.437. The molecular formula is C16H15F2NO4S. The van der Waals surface area contributed by atoms with E-state index in [2.05, 4.69) is 0 Å². The van der Waals surface area contributed by atoms with Crippen LogP contribution in [0.25, 0.3) is 0 Å². The number of carbonyl (C=O) groups excluding carboxylic acids is 1. The fourth-order valence-electron chi connectivity index (χ4n) is 2.03. The van der Waals surface area contributed by atoms with E-state index < -0.39 is 39.9 Å². The zero-order valence-electron chi connectivity index (χ0n) is 12.8. The summed E-state index contributed by atoms with van der Waals surface area (Å²) in [5, 5.41) is 0. The molecule has 24 heavy (non-hydrogen) atoms. The van der Waals surface area contributed by atoms with Crippen LogP contribution in [-0.4, -0.2) is 27.5 Å². The fraction of sp³-hybridized carbons (Fsp3) is 0.188. The number of nitrogens with zero attached hydrogens (tertiary/aromatic N) is 1. The van der Waals surface area contributed by atoms with Crippen molar-refractivity contribution in [3.8, 4) is 0 Å². The topological polar surface area (TPSA) is 63.7 Å². The molecule has 0 saturated carbocycles. The van der Waals surface area contributed by atoms with Crippen molar-refractivity contribution in [1.29, 1.82) is 0 Å². The molecule has 128 valence electrons. The molecule has 5 nitrogen and oxygen atoms in total. The van der Waals surface area contributed by atoms with Gasteiger partial charge in [-0.3, -0.25) is 9.10 Å². The summed E-state index contributed by atoms with van der Waals surface area (Å²) in [5.74, 6) is -2.80. The summed E-state index contributed by atoms with van der Waals surface area (Å²) in [4.78, 5) is 11.6. The van der Waals surface area contributed by atoms with Gasteiger partial charge >= 0.3 is 5.97 Å². The third kappa shape index (κ3) is 3.88. The van der Waals surface area contributed by atoms with Gasteiger partial charge < -0.3 is 4.74 Å². The van der Waals surface area contributed by atoms with E-state index >= 15 is 0 Å². The van der Waals surface area contributed by atoms with Crippen molar-refractivity contribution in [2.75, 3.05) is 17.5 Å². The molecule has 0 heterocycles. The molecule has 8 heteroatoms. The number of halogens is 2. The van der Waals surface area contributed by atoms with E-state index in [1.807, 2.05) is 0 Å². The van der Waals surface area contributed by atoms with Crippen LogP contribution in [0.2, 0.25) is 0 Å². The van der Waals surface area contributed by atoms with Gasteiger partial charge in [-0.05, 0) is 31.2 Å². The number of benzene rings is 2. The highest BCUT2D eigenvalue weighted by atomic mass is 32.2. The zero-order valence-corrected chi connectivity index (χ0v) is 13.6. The Morgan fingerprint density at radius 2 is 1.79 bits per heavy atom. The van der Waals surface area contributed by atoms with Gasteiger partial charge in [-0.15, -0.1) is 0 Å². The summed E-state index contributed by atoms with van der Waals surface area (Å²) in [6, 6.07) is 9.67. The number of ether oxygens (including phenoxy) is 1. The van der Waals surface area contributed by atoms with E-state index in [-0.39, 0.29) is 11.5 Å².